The first-order chi connectivity index (χ1) is 15.4. The minimum atomic E-state index is -0.583. The monoisotopic (exact) mass is 448 g/mol. The Morgan fingerprint density at radius 2 is 1.97 bits per heavy atom. The van der Waals surface area contributed by atoms with Crippen molar-refractivity contribution in [2.75, 3.05) is 6.61 Å². The molecule has 1 aromatic carbocycles. The topological polar surface area (TPSA) is 86.1 Å². The van der Waals surface area contributed by atoms with E-state index in [-0.39, 0.29) is 18.6 Å². The van der Waals surface area contributed by atoms with E-state index in [1.807, 2.05) is 62.5 Å². The third-order valence-electron chi connectivity index (χ3n) is 5.00. The largest absolute Gasteiger partial charge is 0.452 e. The van der Waals surface area contributed by atoms with Crippen LogP contribution in [0, 0.1) is 6.92 Å². The summed E-state index contributed by atoms with van der Waals surface area (Å²) in [7, 11) is 0. The van der Waals surface area contributed by atoms with E-state index in [2.05, 4.69) is 10.4 Å². The van der Waals surface area contributed by atoms with E-state index < -0.39 is 5.97 Å². The summed E-state index contributed by atoms with van der Waals surface area (Å²) in [4.78, 5) is 30.9. The molecule has 0 aliphatic carbocycles. The normalized spacial score (nSPS) is 11.1. The predicted molar refractivity (Wildman–Crippen MR) is 125 cm³/mol. The molecule has 0 saturated heterocycles. The summed E-state index contributed by atoms with van der Waals surface area (Å²) in [6, 6.07) is 13.5. The van der Waals surface area contributed by atoms with Gasteiger partial charge in [0, 0.05) is 16.5 Å². The van der Waals surface area contributed by atoms with E-state index in [9.17, 15) is 9.59 Å². The minimum absolute atomic E-state index is 0.0696. The van der Waals surface area contributed by atoms with Crippen molar-refractivity contribution in [1.82, 2.24) is 20.1 Å². The molecule has 0 radical (unpaired) electrons. The number of hydrogen-bond donors (Lipinski definition) is 1. The van der Waals surface area contributed by atoms with Crippen LogP contribution in [-0.4, -0.2) is 33.2 Å². The average molecular weight is 449 g/mol. The van der Waals surface area contributed by atoms with Crippen LogP contribution in [0.4, 0.5) is 0 Å². The second-order valence-electron chi connectivity index (χ2n) is 7.77. The number of fused-ring (bicyclic) bond motifs is 1. The summed E-state index contributed by atoms with van der Waals surface area (Å²) >= 11 is 1.55. The maximum Gasteiger partial charge on any atom is 0.339 e. The highest BCUT2D eigenvalue weighted by Crippen LogP contribution is 2.27. The Bertz CT molecular complexity index is 1240. The Morgan fingerprint density at radius 1 is 1.19 bits per heavy atom. The van der Waals surface area contributed by atoms with Crippen LogP contribution in [0.1, 0.15) is 40.7 Å². The lowest BCUT2D eigenvalue weighted by Crippen LogP contribution is -2.28. The number of hydrogen-bond acceptors (Lipinski definition) is 6. The molecular weight excluding hydrogens is 424 g/mol. The first-order valence-electron chi connectivity index (χ1n) is 10.3. The van der Waals surface area contributed by atoms with Crippen molar-refractivity contribution in [1.29, 1.82) is 0 Å². The van der Waals surface area contributed by atoms with E-state index in [4.69, 9.17) is 9.72 Å². The molecule has 3 heterocycles. The molecule has 0 aliphatic heterocycles. The van der Waals surface area contributed by atoms with Gasteiger partial charge in [-0.2, -0.15) is 5.10 Å². The first-order valence-corrected chi connectivity index (χ1v) is 11.2. The number of nitrogens with one attached hydrogen (secondary N) is 1. The maximum atomic E-state index is 12.9. The van der Waals surface area contributed by atoms with Crippen LogP contribution in [0.5, 0.6) is 0 Å². The van der Waals surface area contributed by atoms with Crippen LogP contribution in [0.15, 0.2) is 54.0 Å². The number of amides is 1. The summed E-state index contributed by atoms with van der Waals surface area (Å²) in [6.45, 7) is 6.07. The third kappa shape index (κ3) is 4.70. The molecule has 1 amide bonds. The molecule has 4 rings (SSSR count). The van der Waals surface area contributed by atoms with Gasteiger partial charge >= 0.3 is 5.97 Å². The second kappa shape index (κ2) is 9.32. The number of nitrogens with zero attached hydrogens (tertiary/aromatic N) is 3. The third-order valence-corrected chi connectivity index (χ3v) is 5.87. The highest BCUT2D eigenvalue weighted by molar-refractivity contribution is 7.09. The van der Waals surface area contributed by atoms with Crippen LogP contribution >= 0.6 is 11.3 Å². The number of esters is 1. The van der Waals surface area contributed by atoms with Crippen molar-refractivity contribution < 1.29 is 14.3 Å². The summed E-state index contributed by atoms with van der Waals surface area (Å²) in [5.74, 6) is -0.936. The zero-order valence-electron chi connectivity index (χ0n) is 18.2. The molecule has 3 aromatic heterocycles. The molecule has 8 heteroatoms. The average Bonchev–Trinajstić information content (AvgIpc) is 3.45. The SMILES string of the molecule is Cc1ccc(-c2cc(C(=O)OCC(=O)NCc3cccs3)c3cnn(C(C)C)c3n2)cc1. The fraction of sp³-hybridized carbons (Fsp3) is 0.250. The Hall–Kier alpha value is -3.52. The number of ether oxygens (including phenoxy) is 1. The molecule has 0 atom stereocenters. The zero-order valence-corrected chi connectivity index (χ0v) is 19.0. The summed E-state index contributed by atoms with van der Waals surface area (Å²) in [5, 5.41) is 9.70. The van der Waals surface area contributed by atoms with Gasteiger partial charge in [0.2, 0.25) is 0 Å². The molecule has 0 unspecified atom stereocenters. The van der Waals surface area contributed by atoms with Crippen LogP contribution in [-0.2, 0) is 16.1 Å². The van der Waals surface area contributed by atoms with Gasteiger partial charge in [-0.15, -0.1) is 11.3 Å². The first kappa shape index (κ1) is 21.7. The fourth-order valence-corrected chi connectivity index (χ4v) is 3.94. The smallest absolute Gasteiger partial charge is 0.339 e. The molecule has 7 nitrogen and oxygen atoms in total. The fourth-order valence-electron chi connectivity index (χ4n) is 3.30. The summed E-state index contributed by atoms with van der Waals surface area (Å²) in [5.41, 5.74) is 3.61. The standard InChI is InChI=1S/C24H24N4O3S/c1-15(2)28-23-20(13-26-28)19(11-21(27-23)17-8-6-16(3)7-9-17)24(30)31-14-22(29)25-12-18-5-4-10-32-18/h4-11,13,15H,12,14H2,1-3H3,(H,25,29). The highest BCUT2D eigenvalue weighted by Gasteiger charge is 2.20. The molecule has 1 N–H and O–H groups in total. The van der Waals surface area contributed by atoms with E-state index in [1.165, 1.54) is 0 Å². The molecule has 0 bridgehead atoms. The van der Waals surface area contributed by atoms with Crippen LogP contribution in [0.3, 0.4) is 0 Å². The molecule has 32 heavy (non-hydrogen) atoms. The van der Waals surface area contributed by atoms with Crippen molar-refractivity contribution in [3.8, 4) is 11.3 Å². The van der Waals surface area contributed by atoms with Crippen LogP contribution in [0.25, 0.3) is 22.3 Å². The van der Waals surface area contributed by atoms with Gasteiger partial charge in [-0.05, 0) is 38.3 Å². The highest BCUT2D eigenvalue weighted by atomic mass is 32.1. The van der Waals surface area contributed by atoms with Gasteiger partial charge in [-0.1, -0.05) is 35.9 Å². The van der Waals surface area contributed by atoms with E-state index in [0.29, 0.717) is 28.8 Å². The predicted octanol–water partition coefficient (Wildman–Crippen LogP) is 4.52. The summed E-state index contributed by atoms with van der Waals surface area (Å²) < 4.78 is 7.11. The summed E-state index contributed by atoms with van der Waals surface area (Å²) in [6.07, 6.45) is 1.62. The van der Waals surface area contributed by atoms with Gasteiger partial charge in [-0.3, -0.25) is 4.79 Å². The Labute approximate surface area is 190 Å². The minimum Gasteiger partial charge on any atom is -0.452 e. The molecule has 0 aliphatic rings. The Kier molecular flexibility index (Phi) is 6.32. The zero-order chi connectivity index (χ0) is 22.7. The van der Waals surface area contributed by atoms with Crippen molar-refractivity contribution in [3.63, 3.8) is 0 Å². The van der Waals surface area contributed by atoms with Crippen molar-refractivity contribution >= 4 is 34.2 Å². The Morgan fingerprint density at radius 3 is 2.66 bits per heavy atom. The second-order valence-corrected chi connectivity index (χ2v) is 8.81. The lowest BCUT2D eigenvalue weighted by molar-refractivity contribution is -0.124. The number of rotatable bonds is 7. The van der Waals surface area contributed by atoms with Gasteiger partial charge in [0.25, 0.3) is 5.91 Å². The molecular formula is C24H24N4O3S. The number of thiophene rings is 1. The van der Waals surface area contributed by atoms with Crippen molar-refractivity contribution in [3.05, 3.63) is 70.0 Å². The quantitative estimate of drug-likeness (QED) is 0.420. The van der Waals surface area contributed by atoms with E-state index in [1.54, 1.807) is 28.3 Å². The lowest BCUT2D eigenvalue weighted by atomic mass is 10.1. The van der Waals surface area contributed by atoms with Gasteiger partial charge in [0.05, 0.1) is 29.4 Å². The molecule has 4 aromatic rings. The maximum absolute atomic E-state index is 12.9. The molecule has 0 spiro atoms. The number of carbonyl (C=O) groups is 2. The van der Waals surface area contributed by atoms with Gasteiger partial charge < -0.3 is 10.1 Å². The van der Waals surface area contributed by atoms with Crippen LogP contribution < -0.4 is 5.32 Å². The number of aryl methyl sites for hydroxylation is 1. The van der Waals surface area contributed by atoms with Crippen molar-refractivity contribution in [2.45, 2.75) is 33.4 Å². The molecule has 164 valence electrons. The number of carbonyl (C=O) groups excluding carboxylic acids is 2. The van der Waals surface area contributed by atoms with Crippen molar-refractivity contribution in [2.24, 2.45) is 0 Å². The number of benzene rings is 1. The van der Waals surface area contributed by atoms with E-state index >= 15 is 0 Å². The number of pyridine rings is 1. The van der Waals surface area contributed by atoms with Gasteiger partial charge in [0.15, 0.2) is 12.3 Å². The molecule has 0 fully saturated rings. The van der Waals surface area contributed by atoms with E-state index in [0.717, 1.165) is 16.0 Å². The number of aromatic nitrogens is 3. The van der Waals surface area contributed by atoms with Gasteiger partial charge in [0.1, 0.15) is 0 Å². The lowest BCUT2D eigenvalue weighted by Gasteiger charge is -2.11. The Balaban J connectivity index is 1.59. The molecule has 0 saturated carbocycles. The van der Waals surface area contributed by atoms with Crippen LogP contribution in [0.2, 0.25) is 0 Å². The van der Waals surface area contributed by atoms with Gasteiger partial charge in [-0.25, -0.2) is 14.5 Å².